The molecule has 2 aromatic rings. The molecule has 0 fully saturated rings. The van der Waals surface area contributed by atoms with Gasteiger partial charge in [-0.1, -0.05) is 0 Å². The quantitative estimate of drug-likeness (QED) is 0.621. The molecule has 0 aliphatic rings. The number of fused-ring (bicyclic) bond motifs is 1. The Morgan fingerprint density at radius 3 is 2.88 bits per heavy atom. The molecule has 90 valence electrons. The zero-order chi connectivity index (χ0) is 12.6. The van der Waals surface area contributed by atoms with E-state index in [2.05, 4.69) is 9.97 Å². The number of thiophene rings is 1. The summed E-state index contributed by atoms with van der Waals surface area (Å²) in [6.07, 6.45) is 1.49. The third-order valence-electron chi connectivity index (χ3n) is 2.20. The van der Waals surface area contributed by atoms with E-state index in [9.17, 15) is 4.79 Å². The molecule has 0 spiro atoms. The Balaban J connectivity index is 2.48. The van der Waals surface area contributed by atoms with Crippen molar-refractivity contribution in [3.63, 3.8) is 0 Å². The van der Waals surface area contributed by atoms with Crippen LogP contribution in [0.1, 0.15) is 29.1 Å². The number of nitrogens with zero attached hydrogens (tertiary/aromatic N) is 2. The van der Waals surface area contributed by atoms with Gasteiger partial charge in [0.25, 0.3) is 0 Å². The molecule has 0 saturated heterocycles. The van der Waals surface area contributed by atoms with Crippen molar-refractivity contribution in [3.05, 3.63) is 21.9 Å². The summed E-state index contributed by atoms with van der Waals surface area (Å²) in [5, 5.41) is 1.03. The van der Waals surface area contributed by atoms with Gasteiger partial charge in [0.15, 0.2) is 0 Å². The van der Waals surface area contributed by atoms with Crippen molar-refractivity contribution >= 4 is 39.1 Å². The van der Waals surface area contributed by atoms with E-state index < -0.39 is 0 Å². The fourth-order valence-corrected chi connectivity index (χ4v) is 2.66. The molecule has 2 aromatic heterocycles. The molecule has 0 unspecified atom stereocenters. The molecule has 0 aliphatic heterocycles. The summed E-state index contributed by atoms with van der Waals surface area (Å²) in [7, 11) is 0. The van der Waals surface area contributed by atoms with Gasteiger partial charge in [-0.3, -0.25) is 0 Å². The van der Waals surface area contributed by atoms with Crippen molar-refractivity contribution in [3.8, 4) is 0 Å². The number of esters is 1. The molecule has 17 heavy (non-hydrogen) atoms. The predicted octanol–water partition coefficient (Wildman–Crippen LogP) is 3.22. The zero-order valence-corrected chi connectivity index (χ0v) is 11.2. The lowest BCUT2D eigenvalue weighted by Crippen LogP contribution is -2.10. The average Bonchev–Trinajstić information content (AvgIpc) is 2.54. The van der Waals surface area contributed by atoms with Gasteiger partial charge >= 0.3 is 5.97 Å². The molecule has 0 bridgehead atoms. The number of hydrogen-bond acceptors (Lipinski definition) is 5. The number of ether oxygens (including phenoxy) is 1. The van der Waals surface area contributed by atoms with Crippen LogP contribution in [-0.4, -0.2) is 22.0 Å². The number of halogens is 1. The molecule has 2 rings (SSSR count). The molecule has 0 aromatic carbocycles. The fraction of sp³-hybridized carbons (Fsp3) is 0.364. The maximum atomic E-state index is 11.8. The third kappa shape index (κ3) is 2.40. The molecule has 4 nitrogen and oxygen atoms in total. The Morgan fingerprint density at radius 1 is 1.53 bits per heavy atom. The molecule has 0 saturated carbocycles. The van der Waals surface area contributed by atoms with E-state index in [1.165, 1.54) is 11.3 Å². The van der Waals surface area contributed by atoms with Gasteiger partial charge in [-0.05, 0) is 37.9 Å². The molecule has 0 aliphatic carbocycles. The van der Waals surface area contributed by atoms with Crippen LogP contribution in [0.4, 0.5) is 0 Å². The van der Waals surface area contributed by atoms with Crippen LogP contribution < -0.4 is 0 Å². The van der Waals surface area contributed by atoms with Crippen LogP contribution in [0.3, 0.4) is 0 Å². The van der Waals surface area contributed by atoms with Crippen LogP contribution >= 0.6 is 22.9 Å². The average molecular weight is 271 g/mol. The van der Waals surface area contributed by atoms with E-state index in [1.54, 1.807) is 6.20 Å². The minimum atomic E-state index is -0.323. The summed E-state index contributed by atoms with van der Waals surface area (Å²) in [4.78, 5) is 21.1. The molecule has 6 heteroatoms. The number of hydrogen-bond donors (Lipinski definition) is 0. The minimum Gasteiger partial charge on any atom is -0.459 e. The third-order valence-corrected chi connectivity index (χ3v) is 3.56. The Labute approximate surface area is 108 Å². The van der Waals surface area contributed by atoms with Crippen LogP contribution in [0.5, 0.6) is 0 Å². The molecular weight excluding hydrogens is 260 g/mol. The molecule has 0 N–H and O–H groups in total. The molecule has 0 radical (unpaired) electrons. The normalized spacial score (nSPS) is 11.1. The largest absolute Gasteiger partial charge is 0.459 e. The Kier molecular flexibility index (Phi) is 3.31. The van der Waals surface area contributed by atoms with Crippen LogP contribution in [0.2, 0.25) is 5.28 Å². The number of aryl methyl sites for hydroxylation is 1. The highest BCUT2D eigenvalue weighted by Gasteiger charge is 2.18. The number of carbonyl (C=O) groups is 1. The Morgan fingerprint density at radius 2 is 2.24 bits per heavy atom. The monoisotopic (exact) mass is 270 g/mol. The highest BCUT2D eigenvalue weighted by molar-refractivity contribution is 7.20. The number of carbonyl (C=O) groups excluding carboxylic acids is 1. The Hall–Kier alpha value is -1.20. The first kappa shape index (κ1) is 12.3. The summed E-state index contributed by atoms with van der Waals surface area (Å²) in [5.74, 6) is -0.323. The van der Waals surface area contributed by atoms with Crippen molar-refractivity contribution < 1.29 is 9.53 Å². The molecule has 2 heterocycles. The van der Waals surface area contributed by atoms with Gasteiger partial charge in [-0.15, -0.1) is 11.3 Å². The summed E-state index contributed by atoms with van der Waals surface area (Å²) in [6, 6.07) is 0. The highest BCUT2D eigenvalue weighted by atomic mass is 35.5. The second-order valence-electron chi connectivity index (χ2n) is 3.87. The lowest BCUT2D eigenvalue weighted by Gasteiger charge is -2.06. The zero-order valence-electron chi connectivity index (χ0n) is 9.65. The Bertz CT molecular complexity index is 580. The lowest BCUT2D eigenvalue weighted by atomic mass is 10.2. The standard InChI is InChI=1S/C11H11ClN2O2S/c1-5(2)16-10(15)8-6(3)7-4-13-11(12)14-9(7)17-8/h4-5H,1-3H3. The van der Waals surface area contributed by atoms with E-state index in [4.69, 9.17) is 16.3 Å². The number of aromatic nitrogens is 2. The van der Waals surface area contributed by atoms with Crippen molar-refractivity contribution in [1.29, 1.82) is 0 Å². The van der Waals surface area contributed by atoms with Crippen LogP contribution in [-0.2, 0) is 4.74 Å². The topological polar surface area (TPSA) is 52.1 Å². The van der Waals surface area contributed by atoms with Gasteiger partial charge in [0, 0.05) is 11.6 Å². The summed E-state index contributed by atoms with van der Waals surface area (Å²) >= 11 is 6.99. The van der Waals surface area contributed by atoms with E-state index in [0.29, 0.717) is 9.71 Å². The van der Waals surface area contributed by atoms with Gasteiger partial charge in [-0.2, -0.15) is 0 Å². The van der Waals surface area contributed by atoms with E-state index in [-0.39, 0.29) is 17.4 Å². The van der Waals surface area contributed by atoms with Gasteiger partial charge < -0.3 is 4.74 Å². The highest BCUT2D eigenvalue weighted by Crippen LogP contribution is 2.30. The maximum Gasteiger partial charge on any atom is 0.348 e. The van der Waals surface area contributed by atoms with Crippen LogP contribution in [0.15, 0.2) is 6.20 Å². The first-order valence-electron chi connectivity index (χ1n) is 5.11. The van der Waals surface area contributed by atoms with E-state index >= 15 is 0 Å². The first-order valence-corrected chi connectivity index (χ1v) is 6.31. The van der Waals surface area contributed by atoms with Crippen molar-refractivity contribution in [2.75, 3.05) is 0 Å². The minimum absolute atomic E-state index is 0.137. The number of rotatable bonds is 2. The van der Waals surface area contributed by atoms with Crippen molar-refractivity contribution in [2.24, 2.45) is 0 Å². The van der Waals surface area contributed by atoms with Gasteiger partial charge in [0.1, 0.15) is 9.71 Å². The smallest absolute Gasteiger partial charge is 0.348 e. The van der Waals surface area contributed by atoms with Gasteiger partial charge in [-0.25, -0.2) is 14.8 Å². The van der Waals surface area contributed by atoms with Gasteiger partial charge in [0.2, 0.25) is 5.28 Å². The fourth-order valence-electron chi connectivity index (χ4n) is 1.44. The van der Waals surface area contributed by atoms with Crippen LogP contribution in [0, 0.1) is 6.92 Å². The molecule has 0 amide bonds. The van der Waals surface area contributed by atoms with E-state index in [0.717, 1.165) is 10.9 Å². The summed E-state index contributed by atoms with van der Waals surface area (Å²) in [5.41, 5.74) is 0.840. The second kappa shape index (κ2) is 4.58. The summed E-state index contributed by atoms with van der Waals surface area (Å²) < 4.78 is 5.17. The van der Waals surface area contributed by atoms with Gasteiger partial charge in [0.05, 0.1) is 6.10 Å². The first-order chi connectivity index (χ1) is 7.99. The van der Waals surface area contributed by atoms with Crippen molar-refractivity contribution in [2.45, 2.75) is 26.9 Å². The summed E-state index contributed by atoms with van der Waals surface area (Å²) in [6.45, 7) is 5.49. The van der Waals surface area contributed by atoms with Crippen LogP contribution in [0.25, 0.3) is 10.2 Å². The van der Waals surface area contributed by atoms with Crippen molar-refractivity contribution in [1.82, 2.24) is 9.97 Å². The SMILES string of the molecule is Cc1c(C(=O)OC(C)C)sc2nc(Cl)ncc12. The maximum absolute atomic E-state index is 11.8. The lowest BCUT2D eigenvalue weighted by molar-refractivity contribution is 0.0383. The van der Waals surface area contributed by atoms with E-state index in [1.807, 2.05) is 20.8 Å². The molecule has 0 atom stereocenters. The molecular formula is C11H11ClN2O2S. The second-order valence-corrected chi connectivity index (χ2v) is 5.21. The predicted molar refractivity (Wildman–Crippen MR) is 67.7 cm³/mol.